The number of benzene rings is 1. The Morgan fingerprint density at radius 1 is 1.19 bits per heavy atom. The first-order valence-corrected chi connectivity index (χ1v) is 4.73. The topological polar surface area (TPSA) is 25.2 Å². The second-order valence-corrected chi connectivity index (χ2v) is 3.66. The summed E-state index contributed by atoms with van der Waals surface area (Å²) in [5, 5.41) is 9.23. The Bertz CT molecular complexity index is 603. The van der Waals surface area contributed by atoms with Crippen molar-refractivity contribution in [3.63, 3.8) is 0 Å². The molecule has 1 heterocycles. The fourth-order valence-electron chi connectivity index (χ4n) is 1.53. The summed E-state index contributed by atoms with van der Waals surface area (Å²) in [7, 11) is 0. The van der Waals surface area contributed by atoms with Crippen molar-refractivity contribution in [3.8, 4) is 0 Å². The molecule has 0 spiro atoms. The number of rotatable bonds is 0. The van der Waals surface area contributed by atoms with E-state index in [9.17, 15) is 18.4 Å². The molecule has 1 aromatic heterocycles. The summed E-state index contributed by atoms with van der Waals surface area (Å²) >= 11 is 4.85. The molecule has 0 atom stereocenters. The third-order valence-electron chi connectivity index (χ3n) is 2.21. The fourth-order valence-corrected chi connectivity index (χ4v) is 1.80. The Labute approximate surface area is 93.5 Å². The number of halogens is 3. The number of pyridine rings is 1. The molecule has 0 aliphatic rings. The van der Waals surface area contributed by atoms with Gasteiger partial charge in [-0.05, 0) is 18.2 Å². The molecule has 1 aromatic carbocycles. The standard InChI is InChI=1S/C10H6F3NOS/c11-10(12,13)6-2-1-3-7-9(6)8(16)4-5-14(7)15/h1-5,15H. The van der Waals surface area contributed by atoms with Crippen molar-refractivity contribution in [3.05, 3.63) is 40.5 Å². The summed E-state index contributed by atoms with van der Waals surface area (Å²) in [4.78, 5) is 0. The van der Waals surface area contributed by atoms with Gasteiger partial charge in [-0.25, -0.2) is 0 Å². The zero-order chi connectivity index (χ0) is 11.9. The Kier molecular flexibility index (Phi) is 2.38. The van der Waals surface area contributed by atoms with Crippen LogP contribution in [-0.4, -0.2) is 9.94 Å². The van der Waals surface area contributed by atoms with Gasteiger partial charge in [0, 0.05) is 16.1 Å². The summed E-state index contributed by atoms with van der Waals surface area (Å²) in [6.07, 6.45) is -3.27. The van der Waals surface area contributed by atoms with Crippen molar-refractivity contribution in [1.82, 2.24) is 4.73 Å². The van der Waals surface area contributed by atoms with E-state index in [1.807, 2.05) is 0 Å². The van der Waals surface area contributed by atoms with E-state index in [4.69, 9.17) is 12.2 Å². The second-order valence-electron chi connectivity index (χ2n) is 3.22. The van der Waals surface area contributed by atoms with Crippen molar-refractivity contribution < 1.29 is 18.4 Å². The van der Waals surface area contributed by atoms with Crippen LogP contribution in [0.15, 0.2) is 30.5 Å². The lowest BCUT2D eigenvalue weighted by molar-refractivity contribution is -0.136. The van der Waals surface area contributed by atoms with Gasteiger partial charge in [-0.3, -0.25) is 0 Å². The Hall–Kier alpha value is -1.56. The number of alkyl halides is 3. The van der Waals surface area contributed by atoms with Crippen molar-refractivity contribution >= 4 is 23.1 Å². The fraction of sp³-hybridized carbons (Fsp3) is 0.100. The minimum absolute atomic E-state index is 0.0438. The van der Waals surface area contributed by atoms with Crippen LogP contribution in [0.5, 0.6) is 0 Å². The van der Waals surface area contributed by atoms with E-state index in [0.29, 0.717) is 4.73 Å². The Balaban J connectivity index is 2.98. The lowest BCUT2D eigenvalue weighted by Crippen LogP contribution is -2.07. The smallest absolute Gasteiger partial charge is 0.417 e. The van der Waals surface area contributed by atoms with Gasteiger partial charge in [0.2, 0.25) is 0 Å². The lowest BCUT2D eigenvalue weighted by Gasteiger charge is -2.11. The SMILES string of the molecule is On1ccc(=S)c2c(C(F)(F)F)cccc21. The van der Waals surface area contributed by atoms with Crippen LogP contribution in [0, 0.1) is 4.51 Å². The molecular formula is C10H6F3NOS. The summed E-state index contributed by atoms with van der Waals surface area (Å²) in [6.45, 7) is 0. The van der Waals surface area contributed by atoms with Gasteiger partial charge in [0.05, 0.1) is 11.1 Å². The highest BCUT2D eigenvalue weighted by atomic mass is 32.1. The Morgan fingerprint density at radius 3 is 2.50 bits per heavy atom. The van der Waals surface area contributed by atoms with E-state index in [0.717, 1.165) is 6.07 Å². The minimum atomic E-state index is -4.48. The number of nitrogens with zero attached hydrogens (tertiary/aromatic N) is 1. The van der Waals surface area contributed by atoms with Crippen molar-refractivity contribution in [2.45, 2.75) is 6.18 Å². The zero-order valence-corrected chi connectivity index (χ0v) is 8.64. The highest BCUT2D eigenvalue weighted by Gasteiger charge is 2.33. The first-order chi connectivity index (χ1) is 7.41. The highest BCUT2D eigenvalue weighted by molar-refractivity contribution is 7.71. The maximum Gasteiger partial charge on any atom is 0.417 e. The predicted molar refractivity (Wildman–Crippen MR) is 55.0 cm³/mol. The maximum atomic E-state index is 12.7. The van der Waals surface area contributed by atoms with E-state index < -0.39 is 11.7 Å². The third-order valence-corrected chi connectivity index (χ3v) is 2.55. The van der Waals surface area contributed by atoms with Crippen molar-refractivity contribution in [1.29, 1.82) is 0 Å². The first kappa shape index (κ1) is 10.9. The van der Waals surface area contributed by atoms with E-state index in [1.165, 1.54) is 24.4 Å². The number of hydrogen-bond acceptors (Lipinski definition) is 2. The number of fused-ring (bicyclic) bond motifs is 1. The summed E-state index contributed by atoms with van der Waals surface area (Å²) in [5.41, 5.74) is -0.791. The molecule has 0 unspecified atom stereocenters. The Morgan fingerprint density at radius 2 is 1.88 bits per heavy atom. The lowest BCUT2D eigenvalue weighted by atomic mass is 10.1. The average molecular weight is 245 g/mol. The highest BCUT2D eigenvalue weighted by Crippen LogP contribution is 2.34. The van der Waals surface area contributed by atoms with E-state index in [-0.39, 0.29) is 15.4 Å². The summed E-state index contributed by atoms with van der Waals surface area (Å²) in [5.74, 6) is 0. The molecule has 0 aliphatic heterocycles. The molecular weight excluding hydrogens is 239 g/mol. The zero-order valence-electron chi connectivity index (χ0n) is 7.82. The van der Waals surface area contributed by atoms with Crippen molar-refractivity contribution in [2.24, 2.45) is 0 Å². The number of aromatic nitrogens is 1. The van der Waals surface area contributed by atoms with Gasteiger partial charge in [0.25, 0.3) is 0 Å². The predicted octanol–water partition coefficient (Wildman–Crippen LogP) is 3.63. The first-order valence-electron chi connectivity index (χ1n) is 4.32. The van der Waals surface area contributed by atoms with Crippen LogP contribution in [-0.2, 0) is 6.18 Å². The molecule has 0 saturated heterocycles. The molecule has 6 heteroatoms. The molecule has 1 N–H and O–H groups in total. The molecule has 16 heavy (non-hydrogen) atoms. The van der Waals surface area contributed by atoms with Crippen LogP contribution in [0.25, 0.3) is 10.9 Å². The molecule has 84 valence electrons. The van der Waals surface area contributed by atoms with Gasteiger partial charge in [0.1, 0.15) is 0 Å². The van der Waals surface area contributed by atoms with E-state index in [1.54, 1.807) is 0 Å². The normalized spacial score (nSPS) is 11.9. The van der Waals surface area contributed by atoms with Crippen LogP contribution in [0.3, 0.4) is 0 Å². The molecule has 0 amide bonds. The van der Waals surface area contributed by atoms with Crippen LogP contribution in [0.4, 0.5) is 13.2 Å². The minimum Gasteiger partial charge on any atom is -0.428 e. The van der Waals surface area contributed by atoms with Gasteiger partial charge >= 0.3 is 6.18 Å². The molecule has 0 fully saturated rings. The molecule has 2 rings (SSSR count). The van der Waals surface area contributed by atoms with Gasteiger partial charge in [0.15, 0.2) is 0 Å². The third kappa shape index (κ3) is 1.65. The molecule has 0 bridgehead atoms. The van der Waals surface area contributed by atoms with Gasteiger partial charge < -0.3 is 5.21 Å². The molecule has 2 nitrogen and oxygen atoms in total. The second kappa shape index (κ2) is 3.48. The summed E-state index contributed by atoms with van der Waals surface area (Å²) < 4.78 is 38.8. The monoisotopic (exact) mass is 245 g/mol. The number of hydrogen-bond donors (Lipinski definition) is 1. The van der Waals surface area contributed by atoms with Crippen LogP contribution in [0.2, 0.25) is 0 Å². The molecule has 0 aliphatic carbocycles. The molecule has 0 radical (unpaired) electrons. The van der Waals surface area contributed by atoms with E-state index >= 15 is 0 Å². The molecule has 2 aromatic rings. The summed E-state index contributed by atoms with van der Waals surface area (Å²) in [6, 6.07) is 4.80. The maximum absolute atomic E-state index is 12.7. The largest absolute Gasteiger partial charge is 0.428 e. The van der Waals surface area contributed by atoms with Crippen LogP contribution >= 0.6 is 12.2 Å². The van der Waals surface area contributed by atoms with E-state index in [2.05, 4.69) is 0 Å². The van der Waals surface area contributed by atoms with Gasteiger partial charge in [-0.15, -0.1) is 0 Å². The van der Waals surface area contributed by atoms with Gasteiger partial charge in [-0.2, -0.15) is 17.9 Å². The quantitative estimate of drug-likeness (QED) is 0.566. The van der Waals surface area contributed by atoms with Crippen molar-refractivity contribution in [2.75, 3.05) is 0 Å². The van der Waals surface area contributed by atoms with Crippen LogP contribution in [0.1, 0.15) is 5.56 Å². The molecule has 0 saturated carbocycles. The van der Waals surface area contributed by atoms with Crippen LogP contribution < -0.4 is 0 Å². The average Bonchev–Trinajstić information content (AvgIpc) is 2.22. The van der Waals surface area contributed by atoms with Gasteiger partial charge in [-0.1, -0.05) is 18.3 Å².